The van der Waals surface area contributed by atoms with E-state index in [9.17, 15) is 0 Å². The molecule has 2 heterocycles. The molecule has 96 valence electrons. The summed E-state index contributed by atoms with van der Waals surface area (Å²) in [7, 11) is 0. The molecule has 2 aromatic rings. The first-order valence-corrected chi connectivity index (χ1v) is 6.81. The normalized spacial score (nSPS) is 10.3. The SMILES string of the molecule is CCCOc1nc(NN)nc(Sc2nncs2)n1. The lowest BCUT2D eigenvalue weighted by molar-refractivity contribution is 0.288. The highest BCUT2D eigenvalue weighted by atomic mass is 32.2. The molecule has 0 saturated carbocycles. The van der Waals surface area contributed by atoms with Crippen molar-refractivity contribution >= 4 is 29.0 Å². The quantitative estimate of drug-likeness (QED) is 0.591. The van der Waals surface area contributed by atoms with E-state index in [0.717, 1.165) is 10.8 Å². The summed E-state index contributed by atoms with van der Waals surface area (Å²) in [5, 5.41) is 8.09. The molecule has 0 aliphatic rings. The Hall–Kier alpha value is -1.52. The van der Waals surface area contributed by atoms with Crippen molar-refractivity contribution in [1.82, 2.24) is 25.1 Å². The lowest BCUT2D eigenvalue weighted by Crippen LogP contribution is -2.13. The number of rotatable bonds is 6. The van der Waals surface area contributed by atoms with Crippen LogP contribution in [0.25, 0.3) is 0 Å². The van der Waals surface area contributed by atoms with Gasteiger partial charge in [-0.2, -0.15) is 15.0 Å². The predicted octanol–water partition coefficient (Wildman–Crippen LogP) is 0.949. The summed E-state index contributed by atoms with van der Waals surface area (Å²) < 4.78 is 6.10. The van der Waals surface area contributed by atoms with Gasteiger partial charge in [-0.1, -0.05) is 18.3 Å². The average Bonchev–Trinajstić information content (AvgIpc) is 2.89. The number of aromatic nitrogens is 5. The third kappa shape index (κ3) is 3.48. The fraction of sp³-hybridized carbons (Fsp3) is 0.375. The van der Waals surface area contributed by atoms with E-state index in [4.69, 9.17) is 10.6 Å². The van der Waals surface area contributed by atoms with E-state index in [-0.39, 0.29) is 12.0 Å². The first-order chi connectivity index (χ1) is 8.81. The van der Waals surface area contributed by atoms with Crippen molar-refractivity contribution in [3.63, 3.8) is 0 Å². The average molecular weight is 285 g/mol. The van der Waals surface area contributed by atoms with Crippen LogP contribution in [0.15, 0.2) is 15.0 Å². The van der Waals surface area contributed by atoms with Crippen LogP contribution < -0.4 is 16.0 Å². The second-order valence-electron chi connectivity index (χ2n) is 3.02. The summed E-state index contributed by atoms with van der Waals surface area (Å²) in [5.41, 5.74) is 4.01. The van der Waals surface area contributed by atoms with E-state index in [1.54, 1.807) is 5.51 Å². The second kappa shape index (κ2) is 6.42. The Morgan fingerprint density at radius 3 is 3.00 bits per heavy atom. The zero-order chi connectivity index (χ0) is 12.8. The van der Waals surface area contributed by atoms with Crippen LogP contribution in [0.4, 0.5) is 5.95 Å². The van der Waals surface area contributed by atoms with E-state index >= 15 is 0 Å². The third-order valence-corrected chi connectivity index (χ3v) is 3.32. The van der Waals surface area contributed by atoms with Gasteiger partial charge in [0, 0.05) is 0 Å². The number of nitrogens with two attached hydrogens (primary N) is 1. The molecule has 0 spiro atoms. The van der Waals surface area contributed by atoms with Gasteiger partial charge in [0.25, 0.3) is 0 Å². The van der Waals surface area contributed by atoms with Gasteiger partial charge in [0.05, 0.1) is 6.61 Å². The molecule has 2 aromatic heterocycles. The van der Waals surface area contributed by atoms with Gasteiger partial charge in [0.15, 0.2) is 4.34 Å². The van der Waals surface area contributed by atoms with Crippen LogP contribution in [-0.4, -0.2) is 31.8 Å². The molecule has 0 aromatic carbocycles. The minimum atomic E-state index is 0.242. The van der Waals surface area contributed by atoms with Crippen molar-refractivity contribution in [2.75, 3.05) is 12.0 Å². The highest BCUT2D eigenvalue weighted by molar-refractivity contribution is 8.00. The van der Waals surface area contributed by atoms with E-state index in [0.29, 0.717) is 11.8 Å². The Bertz CT molecular complexity index is 492. The maximum Gasteiger partial charge on any atom is 0.322 e. The standard InChI is InChI=1S/C8H11N7OS2/c1-2-3-16-6-11-5(14-9)12-7(13-6)18-8-15-10-4-17-8/h4H,2-3,9H2,1H3,(H,11,12,13,14). The summed E-state index contributed by atoms with van der Waals surface area (Å²) in [6.07, 6.45) is 0.871. The number of hydrogen-bond acceptors (Lipinski definition) is 10. The lowest BCUT2D eigenvalue weighted by Gasteiger charge is -2.05. The first kappa shape index (κ1) is 12.9. The summed E-state index contributed by atoms with van der Waals surface area (Å²) in [6.45, 7) is 2.54. The molecule has 0 fully saturated rings. The zero-order valence-corrected chi connectivity index (χ0v) is 11.2. The van der Waals surface area contributed by atoms with E-state index in [1.807, 2.05) is 6.92 Å². The molecule has 2 rings (SSSR count). The predicted molar refractivity (Wildman–Crippen MR) is 67.5 cm³/mol. The number of ether oxygens (including phenoxy) is 1. The van der Waals surface area contributed by atoms with Crippen molar-refractivity contribution in [3.8, 4) is 6.01 Å². The van der Waals surface area contributed by atoms with Crippen molar-refractivity contribution in [3.05, 3.63) is 5.51 Å². The molecule has 0 amide bonds. The monoisotopic (exact) mass is 285 g/mol. The van der Waals surface area contributed by atoms with Crippen LogP contribution in [0, 0.1) is 0 Å². The zero-order valence-electron chi connectivity index (χ0n) is 9.53. The fourth-order valence-corrected chi connectivity index (χ4v) is 2.32. The summed E-state index contributed by atoms with van der Waals surface area (Å²) in [5.74, 6) is 5.55. The highest BCUT2D eigenvalue weighted by Gasteiger charge is 2.10. The molecular formula is C8H11N7OS2. The molecule has 0 atom stereocenters. The van der Waals surface area contributed by atoms with Crippen molar-refractivity contribution in [2.24, 2.45) is 5.84 Å². The van der Waals surface area contributed by atoms with Gasteiger partial charge >= 0.3 is 6.01 Å². The number of nitrogen functional groups attached to an aromatic ring is 1. The second-order valence-corrected chi connectivity index (χ2v) is 5.07. The van der Waals surface area contributed by atoms with Gasteiger partial charge in [0.1, 0.15) is 5.51 Å². The van der Waals surface area contributed by atoms with Gasteiger partial charge in [-0.3, -0.25) is 5.43 Å². The van der Waals surface area contributed by atoms with Gasteiger partial charge in [-0.25, -0.2) is 5.84 Å². The van der Waals surface area contributed by atoms with Gasteiger partial charge in [0.2, 0.25) is 11.1 Å². The molecule has 0 radical (unpaired) electrons. The Morgan fingerprint density at radius 2 is 2.33 bits per heavy atom. The van der Waals surface area contributed by atoms with Crippen LogP contribution in [0.1, 0.15) is 13.3 Å². The smallest absolute Gasteiger partial charge is 0.322 e. The van der Waals surface area contributed by atoms with E-state index in [1.165, 1.54) is 23.1 Å². The number of nitrogens with zero attached hydrogens (tertiary/aromatic N) is 5. The molecule has 0 aliphatic heterocycles. The Kier molecular flexibility index (Phi) is 4.61. The summed E-state index contributed by atoms with van der Waals surface area (Å²) >= 11 is 2.68. The Balaban J connectivity index is 2.17. The van der Waals surface area contributed by atoms with Gasteiger partial charge < -0.3 is 4.74 Å². The van der Waals surface area contributed by atoms with Crippen LogP contribution >= 0.6 is 23.1 Å². The minimum Gasteiger partial charge on any atom is -0.463 e. The molecule has 0 unspecified atom stereocenters. The maximum absolute atomic E-state index is 5.35. The molecule has 18 heavy (non-hydrogen) atoms. The molecule has 0 aliphatic carbocycles. The lowest BCUT2D eigenvalue weighted by atomic mass is 10.5. The summed E-state index contributed by atoms with van der Waals surface area (Å²) in [4.78, 5) is 12.2. The molecule has 3 N–H and O–H groups in total. The number of nitrogens with one attached hydrogen (secondary N) is 1. The third-order valence-electron chi connectivity index (χ3n) is 1.68. The van der Waals surface area contributed by atoms with Crippen LogP contribution in [0.3, 0.4) is 0 Å². The van der Waals surface area contributed by atoms with Crippen LogP contribution in [0.2, 0.25) is 0 Å². The first-order valence-electron chi connectivity index (χ1n) is 5.11. The van der Waals surface area contributed by atoms with Crippen LogP contribution in [-0.2, 0) is 0 Å². The van der Waals surface area contributed by atoms with Crippen molar-refractivity contribution in [2.45, 2.75) is 22.8 Å². The van der Waals surface area contributed by atoms with E-state index in [2.05, 4.69) is 30.6 Å². The number of hydrogen-bond donors (Lipinski definition) is 2. The molecule has 0 saturated heterocycles. The molecule has 8 nitrogen and oxygen atoms in total. The fourth-order valence-electron chi connectivity index (χ4n) is 0.992. The van der Waals surface area contributed by atoms with Crippen molar-refractivity contribution < 1.29 is 4.74 Å². The van der Waals surface area contributed by atoms with Gasteiger partial charge in [-0.15, -0.1) is 10.2 Å². The topological polar surface area (TPSA) is 112 Å². The highest BCUT2D eigenvalue weighted by Crippen LogP contribution is 2.26. The van der Waals surface area contributed by atoms with E-state index < -0.39 is 0 Å². The molecule has 0 bridgehead atoms. The number of hydrazine groups is 1. The molecular weight excluding hydrogens is 274 g/mol. The molecule has 10 heteroatoms. The largest absolute Gasteiger partial charge is 0.463 e. The maximum atomic E-state index is 5.35. The Labute approximate surface area is 111 Å². The summed E-state index contributed by atoms with van der Waals surface area (Å²) in [6, 6.07) is 0.242. The van der Waals surface area contributed by atoms with Crippen LogP contribution in [0.5, 0.6) is 6.01 Å². The number of anilines is 1. The Morgan fingerprint density at radius 1 is 1.44 bits per heavy atom. The minimum absolute atomic E-state index is 0.242. The van der Waals surface area contributed by atoms with Crippen molar-refractivity contribution in [1.29, 1.82) is 0 Å². The van der Waals surface area contributed by atoms with Gasteiger partial charge in [-0.05, 0) is 18.2 Å².